The average Bonchev–Trinajstić information content (AvgIpc) is 3.17. The number of anilines is 1. The van der Waals surface area contributed by atoms with Gasteiger partial charge in [0.15, 0.2) is 15.0 Å². The Morgan fingerprint density at radius 2 is 2.03 bits per heavy atom. The SMILES string of the molecule is CCCCOc1cccc(N2C(=NC(=O)CCNC(=O)OC(C)(C)C)S[C@H]3CS(=O)(=O)C[C@H]32)c1. The summed E-state index contributed by atoms with van der Waals surface area (Å²) in [5, 5.41) is 2.83. The molecule has 2 saturated heterocycles. The Morgan fingerprint density at radius 3 is 2.74 bits per heavy atom. The lowest BCUT2D eigenvalue weighted by molar-refractivity contribution is -0.117. The molecule has 9 nitrogen and oxygen atoms in total. The molecule has 1 aromatic carbocycles. The molecule has 1 N–H and O–H groups in total. The van der Waals surface area contributed by atoms with Gasteiger partial charge in [-0.25, -0.2) is 13.2 Å². The lowest BCUT2D eigenvalue weighted by atomic mass is 10.2. The van der Waals surface area contributed by atoms with Gasteiger partial charge in [0.2, 0.25) is 5.91 Å². The van der Waals surface area contributed by atoms with E-state index in [9.17, 15) is 18.0 Å². The number of amides is 2. The van der Waals surface area contributed by atoms with E-state index in [1.165, 1.54) is 11.8 Å². The molecule has 11 heteroatoms. The molecule has 34 heavy (non-hydrogen) atoms. The fourth-order valence-electron chi connectivity index (χ4n) is 3.67. The van der Waals surface area contributed by atoms with Crippen LogP contribution >= 0.6 is 11.8 Å². The van der Waals surface area contributed by atoms with Crippen LogP contribution in [0.5, 0.6) is 5.75 Å². The van der Waals surface area contributed by atoms with E-state index in [2.05, 4.69) is 17.2 Å². The molecule has 0 unspecified atom stereocenters. The highest BCUT2D eigenvalue weighted by atomic mass is 32.2. The molecule has 188 valence electrons. The summed E-state index contributed by atoms with van der Waals surface area (Å²) < 4.78 is 35.5. The third-order valence-corrected chi connectivity index (χ3v) is 8.37. The predicted molar refractivity (Wildman–Crippen MR) is 134 cm³/mol. The highest BCUT2D eigenvalue weighted by molar-refractivity contribution is 8.16. The number of carbonyl (C=O) groups excluding carboxylic acids is 2. The molecule has 0 aromatic heterocycles. The van der Waals surface area contributed by atoms with Gasteiger partial charge in [-0.05, 0) is 39.3 Å². The number of unbranched alkanes of at least 4 members (excludes halogenated alkanes) is 1. The summed E-state index contributed by atoms with van der Waals surface area (Å²) in [6.07, 6.45) is 1.37. The predicted octanol–water partition coefficient (Wildman–Crippen LogP) is 3.38. The third kappa shape index (κ3) is 7.36. The minimum absolute atomic E-state index is 0.00490. The van der Waals surface area contributed by atoms with Gasteiger partial charge in [0, 0.05) is 30.0 Å². The standard InChI is InChI=1S/C23H33N3O6S2/c1-5-6-12-31-17-9-7-8-16(13-17)26-18-14-34(29,30)15-19(18)33-21(26)25-20(27)10-11-24-22(28)32-23(2,3)4/h7-9,13,18-19H,5-6,10-12,14-15H2,1-4H3,(H,24,28)/t18-,19+/m1/s1. The van der Waals surface area contributed by atoms with Crippen LogP contribution < -0.4 is 15.0 Å². The fraction of sp³-hybridized carbons (Fsp3) is 0.609. The number of aliphatic imine (C=N–C) groups is 1. The zero-order chi connectivity index (χ0) is 24.9. The van der Waals surface area contributed by atoms with Gasteiger partial charge in [0.1, 0.15) is 11.4 Å². The lowest BCUT2D eigenvalue weighted by Crippen LogP contribution is -2.38. The Hall–Kier alpha value is -2.27. The molecule has 0 aliphatic carbocycles. The van der Waals surface area contributed by atoms with Gasteiger partial charge in [-0.15, -0.1) is 0 Å². The van der Waals surface area contributed by atoms with Crippen molar-refractivity contribution in [2.75, 3.05) is 29.6 Å². The van der Waals surface area contributed by atoms with E-state index in [1.807, 2.05) is 29.2 Å². The molecule has 2 amide bonds. The third-order valence-electron chi connectivity index (χ3n) is 5.16. The van der Waals surface area contributed by atoms with Crippen LogP contribution in [0.25, 0.3) is 0 Å². The van der Waals surface area contributed by atoms with Crippen LogP contribution in [0.2, 0.25) is 0 Å². The molecule has 1 aromatic rings. The van der Waals surface area contributed by atoms with Crippen LogP contribution in [0, 0.1) is 0 Å². The summed E-state index contributed by atoms with van der Waals surface area (Å²) >= 11 is 1.31. The highest BCUT2D eigenvalue weighted by Gasteiger charge is 2.49. The maximum atomic E-state index is 12.6. The quantitative estimate of drug-likeness (QED) is 0.529. The van der Waals surface area contributed by atoms with Crippen LogP contribution in [0.3, 0.4) is 0 Å². The van der Waals surface area contributed by atoms with Crippen LogP contribution in [0.15, 0.2) is 29.3 Å². The van der Waals surface area contributed by atoms with E-state index in [-0.39, 0.29) is 35.8 Å². The van der Waals surface area contributed by atoms with E-state index in [0.717, 1.165) is 18.5 Å². The molecular formula is C23H33N3O6S2. The topological polar surface area (TPSA) is 114 Å². The second kappa shape index (κ2) is 11.0. The van der Waals surface area contributed by atoms with Gasteiger partial charge in [0.25, 0.3) is 0 Å². The first kappa shape index (κ1) is 26.3. The number of nitrogens with one attached hydrogen (secondary N) is 1. The van der Waals surface area contributed by atoms with Crippen molar-refractivity contribution in [3.05, 3.63) is 24.3 Å². The Labute approximate surface area is 205 Å². The number of carbonyl (C=O) groups is 2. The summed E-state index contributed by atoms with van der Waals surface area (Å²) in [6.45, 7) is 8.06. The molecule has 2 heterocycles. The molecule has 2 fully saturated rings. The lowest BCUT2D eigenvalue weighted by Gasteiger charge is -2.25. The monoisotopic (exact) mass is 511 g/mol. The largest absolute Gasteiger partial charge is 0.494 e. The maximum Gasteiger partial charge on any atom is 0.407 e. The normalized spacial score (nSPS) is 22.5. The van der Waals surface area contributed by atoms with Gasteiger partial charge < -0.3 is 19.7 Å². The number of alkyl carbamates (subject to hydrolysis) is 1. The van der Waals surface area contributed by atoms with Crippen molar-refractivity contribution in [3.8, 4) is 5.75 Å². The number of hydrogen-bond acceptors (Lipinski definition) is 7. The number of nitrogens with zero attached hydrogens (tertiary/aromatic N) is 2. The molecule has 0 bridgehead atoms. The molecule has 3 rings (SSSR count). The Morgan fingerprint density at radius 1 is 1.26 bits per heavy atom. The first-order valence-electron chi connectivity index (χ1n) is 11.4. The van der Waals surface area contributed by atoms with Crippen LogP contribution in [0.4, 0.5) is 10.5 Å². The van der Waals surface area contributed by atoms with E-state index >= 15 is 0 Å². The Balaban J connectivity index is 1.73. The summed E-state index contributed by atoms with van der Waals surface area (Å²) in [5.41, 5.74) is 0.118. The smallest absolute Gasteiger partial charge is 0.407 e. The molecule has 0 radical (unpaired) electrons. The van der Waals surface area contributed by atoms with Crippen molar-refractivity contribution in [1.82, 2.24) is 5.32 Å². The Kier molecular flexibility index (Phi) is 8.51. The van der Waals surface area contributed by atoms with Crippen molar-refractivity contribution in [2.24, 2.45) is 4.99 Å². The minimum atomic E-state index is -3.16. The average molecular weight is 512 g/mol. The number of rotatable bonds is 8. The number of ether oxygens (including phenoxy) is 2. The van der Waals surface area contributed by atoms with Crippen molar-refractivity contribution in [1.29, 1.82) is 0 Å². The number of benzene rings is 1. The number of hydrogen-bond donors (Lipinski definition) is 1. The molecule has 0 spiro atoms. The minimum Gasteiger partial charge on any atom is -0.494 e. The number of amidine groups is 1. The molecule has 2 atom stereocenters. The second-order valence-electron chi connectivity index (χ2n) is 9.34. The van der Waals surface area contributed by atoms with E-state index in [4.69, 9.17) is 9.47 Å². The molecule has 0 saturated carbocycles. The fourth-order valence-corrected chi connectivity index (χ4v) is 7.60. The van der Waals surface area contributed by atoms with Crippen LogP contribution in [-0.4, -0.2) is 67.1 Å². The van der Waals surface area contributed by atoms with E-state index < -0.39 is 27.4 Å². The summed E-state index contributed by atoms with van der Waals surface area (Å²) in [6, 6.07) is 7.13. The first-order valence-corrected chi connectivity index (χ1v) is 14.1. The van der Waals surface area contributed by atoms with Crippen molar-refractivity contribution in [2.45, 2.75) is 63.9 Å². The Bertz CT molecular complexity index is 1040. The van der Waals surface area contributed by atoms with E-state index in [1.54, 1.807) is 20.8 Å². The van der Waals surface area contributed by atoms with E-state index in [0.29, 0.717) is 17.5 Å². The number of sulfone groups is 1. The van der Waals surface area contributed by atoms with Gasteiger partial charge in [0.05, 0.1) is 24.2 Å². The maximum absolute atomic E-state index is 12.6. The van der Waals surface area contributed by atoms with Crippen LogP contribution in [0.1, 0.15) is 47.0 Å². The van der Waals surface area contributed by atoms with Crippen molar-refractivity contribution >= 4 is 44.5 Å². The van der Waals surface area contributed by atoms with Crippen molar-refractivity contribution in [3.63, 3.8) is 0 Å². The number of fused-ring (bicyclic) bond motifs is 1. The van der Waals surface area contributed by atoms with Gasteiger partial charge >= 0.3 is 6.09 Å². The first-order chi connectivity index (χ1) is 16.0. The zero-order valence-electron chi connectivity index (χ0n) is 20.1. The zero-order valence-corrected chi connectivity index (χ0v) is 21.7. The highest BCUT2D eigenvalue weighted by Crippen LogP contribution is 2.41. The van der Waals surface area contributed by atoms with Crippen molar-refractivity contribution < 1.29 is 27.5 Å². The van der Waals surface area contributed by atoms with Gasteiger partial charge in [-0.2, -0.15) is 4.99 Å². The van der Waals surface area contributed by atoms with Crippen LogP contribution in [-0.2, 0) is 19.4 Å². The van der Waals surface area contributed by atoms with Gasteiger partial charge in [-0.3, -0.25) is 4.79 Å². The summed E-state index contributed by atoms with van der Waals surface area (Å²) in [4.78, 5) is 30.5. The number of thioether (sulfide) groups is 1. The van der Waals surface area contributed by atoms with Gasteiger partial charge in [-0.1, -0.05) is 31.2 Å². The summed E-state index contributed by atoms with van der Waals surface area (Å²) in [5.74, 6) is 0.354. The summed E-state index contributed by atoms with van der Waals surface area (Å²) in [7, 11) is -3.16. The molecule has 2 aliphatic heterocycles. The molecule has 2 aliphatic rings. The molecular weight excluding hydrogens is 478 g/mol. The second-order valence-corrected chi connectivity index (χ2v) is 12.7.